The van der Waals surface area contributed by atoms with Gasteiger partial charge in [0.1, 0.15) is 84.7 Å². The third-order valence-electron chi connectivity index (χ3n) is 25.6. The van der Waals surface area contributed by atoms with E-state index >= 15 is 38.4 Å². The summed E-state index contributed by atoms with van der Waals surface area (Å²) < 4.78 is 12.9. The lowest BCUT2D eigenvalue weighted by Gasteiger charge is -2.44. The first kappa shape index (κ1) is 102. The highest BCUT2D eigenvalue weighted by molar-refractivity contribution is 8.22. The van der Waals surface area contributed by atoms with Gasteiger partial charge in [0.25, 0.3) is 11.8 Å². The fraction of sp³-hybridized carbons (Fsp3) is 0.430. The third kappa shape index (κ3) is 24.7. The first-order chi connectivity index (χ1) is 63.6. The molecule has 0 bridgehead atoms. The number of benzene rings is 7. The highest BCUT2D eigenvalue weighted by atomic mass is 32.4. The second kappa shape index (κ2) is 45.3. The molecule has 4 aliphatic rings. The maximum atomic E-state index is 16.9. The molecule has 712 valence electrons. The van der Waals surface area contributed by atoms with E-state index in [1.807, 2.05) is 97.1 Å². The molecule has 34 heteroatoms. The molecule has 0 unspecified atom stereocenters. The molecule has 15 amide bonds. The van der Waals surface area contributed by atoms with E-state index in [0.717, 1.165) is 83.0 Å². The summed E-state index contributed by atoms with van der Waals surface area (Å²) in [6, 6.07) is 34.0. The van der Waals surface area contributed by atoms with E-state index in [4.69, 9.17) is 38.8 Å². The minimum Gasteiger partial charge on any atom is -0.448 e. The Kier molecular flexibility index (Phi) is 34.6. The topological polar surface area (TPSA) is 427 Å². The van der Waals surface area contributed by atoms with Crippen molar-refractivity contribution in [3.8, 4) is 22.3 Å². The van der Waals surface area contributed by atoms with Gasteiger partial charge in [0.15, 0.2) is 0 Å². The smallest absolute Gasteiger partial charge is 0.417 e. The highest BCUT2D eigenvalue weighted by Gasteiger charge is 2.50. The molecule has 0 heterocycles. The predicted octanol–water partition coefficient (Wildman–Crippen LogP) is 9.11. The van der Waals surface area contributed by atoms with Crippen LogP contribution in [0.15, 0.2) is 188 Å². The van der Waals surface area contributed by atoms with Gasteiger partial charge in [-0.15, -0.1) is 0 Å². The van der Waals surface area contributed by atoms with Crippen LogP contribution in [0.4, 0.5) is 9.59 Å². The fourth-order valence-corrected chi connectivity index (χ4v) is 28.2. The molecule has 4 aliphatic carbocycles. The number of nitrogens with one attached hydrogen (secondary N) is 10. The minimum atomic E-state index is -3.56. The van der Waals surface area contributed by atoms with E-state index < -0.39 is 197 Å². The molecule has 2 fully saturated rings. The van der Waals surface area contributed by atoms with Gasteiger partial charge in [-0.1, -0.05) is 250 Å². The number of fused-ring (bicyclic) bond motifs is 6. The molecular weight excluding hydrogens is 1780 g/mol. The van der Waals surface area contributed by atoms with Crippen LogP contribution >= 0.6 is 12.1 Å². The number of imide groups is 2. The van der Waals surface area contributed by atoms with E-state index in [2.05, 4.69) is 53.2 Å². The molecule has 0 aromatic heterocycles. The van der Waals surface area contributed by atoms with E-state index in [-0.39, 0.29) is 30.5 Å². The van der Waals surface area contributed by atoms with Crippen LogP contribution in [0.3, 0.4) is 0 Å². The molecule has 0 saturated heterocycles. The molecular formula is C100H123N13O17P2S2. The summed E-state index contributed by atoms with van der Waals surface area (Å²) in [7, 11) is 0. The van der Waals surface area contributed by atoms with Gasteiger partial charge in [-0.3, -0.25) is 62.3 Å². The summed E-state index contributed by atoms with van der Waals surface area (Å²) in [6.07, 6.45) is 4.22. The van der Waals surface area contributed by atoms with E-state index in [9.17, 15) is 33.6 Å². The van der Waals surface area contributed by atoms with Crippen molar-refractivity contribution in [2.45, 2.75) is 248 Å². The van der Waals surface area contributed by atoms with Crippen molar-refractivity contribution in [2.75, 3.05) is 25.5 Å². The van der Waals surface area contributed by atoms with Gasteiger partial charge in [0.2, 0.25) is 65.0 Å². The zero-order chi connectivity index (χ0) is 97.3. The zero-order valence-corrected chi connectivity index (χ0v) is 81.1. The predicted molar refractivity (Wildman–Crippen MR) is 520 cm³/mol. The number of hydrogen-bond donors (Lipinski definition) is 11. The van der Waals surface area contributed by atoms with Gasteiger partial charge < -0.3 is 68.4 Å². The summed E-state index contributed by atoms with van der Waals surface area (Å²) in [5, 5.41) is 27.3. The van der Waals surface area contributed by atoms with Crippen LogP contribution in [-0.2, 0) is 102 Å². The SMILES string of the molecule is CC(=O)N[C@@H](C)C(=O)N[C@@H](C)C(=O)NC(C)(C)C(=O)N[C@@H](Cc1ccccc1)C(=O)N(C(=O)OCC1c2ccccc2-c2ccccc21)[C@H](CP(=S)(c1ccccc1)c1ccccc1)C(=O)N[C@@H](C)C(=O)N[C@@H](C)C(=O)N(C(=O)OCC1c2ccccc2-c2ccccc21)[C@@H](CP(=S)(C1CCCCC1)C1CCCCC1)C(=O)N[C@@H](C)C(=O)N[C@@H](C)C(=O)NC(C)(C)C(=O)N[C@@H](C)C(N)=O. The normalized spacial score (nSPS) is 16.2. The van der Waals surface area contributed by atoms with Crippen molar-refractivity contribution in [3.63, 3.8) is 0 Å². The van der Waals surface area contributed by atoms with Crippen LogP contribution in [0.25, 0.3) is 22.3 Å². The van der Waals surface area contributed by atoms with E-state index in [1.165, 1.54) is 83.1 Å². The largest absolute Gasteiger partial charge is 0.448 e. The van der Waals surface area contributed by atoms with E-state index in [1.54, 1.807) is 91.0 Å². The Bertz CT molecular complexity index is 5490. The second-order valence-corrected chi connectivity index (χ2v) is 46.7. The summed E-state index contributed by atoms with van der Waals surface area (Å²) >= 11 is 14.1. The van der Waals surface area contributed by atoms with Crippen molar-refractivity contribution in [2.24, 2.45) is 5.73 Å². The molecule has 134 heavy (non-hydrogen) atoms. The highest BCUT2D eigenvalue weighted by Crippen LogP contribution is 2.64. The van der Waals surface area contributed by atoms with Crippen LogP contribution in [0.1, 0.15) is 187 Å². The zero-order valence-electron chi connectivity index (χ0n) is 77.7. The number of nitrogens with two attached hydrogens (primary N) is 1. The van der Waals surface area contributed by atoms with Crippen molar-refractivity contribution < 1.29 is 81.4 Å². The molecule has 30 nitrogen and oxygen atoms in total. The van der Waals surface area contributed by atoms with Crippen molar-refractivity contribution in [1.82, 2.24) is 63.0 Å². The summed E-state index contributed by atoms with van der Waals surface area (Å²) in [5.41, 5.74) is 8.73. The lowest BCUT2D eigenvalue weighted by molar-refractivity contribution is -0.143. The average molecular weight is 1910 g/mol. The molecule has 7 aromatic rings. The number of carbonyl (C=O) groups excluding carboxylic acids is 15. The van der Waals surface area contributed by atoms with Crippen LogP contribution in [0, 0.1) is 0 Å². The molecule has 12 N–H and O–H groups in total. The number of rotatable bonds is 38. The Balaban J connectivity index is 0.979. The Morgan fingerprint density at radius 2 is 0.701 bits per heavy atom. The lowest BCUT2D eigenvalue weighted by atomic mass is 9.98. The average Bonchev–Trinajstić information content (AvgIpc) is 1.42. The molecule has 0 aliphatic heterocycles. The first-order valence-electron chi connectivity index (χ1n) is 45.7. The summed E-state index contributed by atoms with van der Waals surface area (Å²) in [5.74, 6) is -13.2. The Morgan fingerprint density at radius 1 is 0.381 bits per heavy atom. The third-order valence-corrected chi connectivity index (χ3v) is 37.1. The molecule has 2 saturated carbocycles. The number of amides is 15. The number of ether oxygens (including phenoxy) is 2. The van der Waals surface area contributed by atoms with Crippen LogP contribution < -0.4 is 69.5 Å². The van der Waals surface area contributed by atoms with Crippen molar-refractivity contribution >= 4 is 135 Å². The number of carbonyl (C=O) groups is 15. The van der Waals surface area contributed by atoms with Gasteiger partial charge in [0, 0.05) is 43.5 Å². The van der Waals surface area contributed by atoms with Crippen LogP contribution in [-0.4, -0.2) is 207 Å². The van der Waals surface area contributed by atoms with Crippen molar-refractivity contribution in [3.05, 3.63) is 216 Å². The quantitative estimate of drug-likeness (QED) is 0.0161. The Labute approximate surface area is 792 Å². The lowest BCUT2D eigenvalue weighted by Crippen LogP contribution is -2.65. The molecule has 10 atom stereocenters. The standard InChI is InChI=1S/C100H123N13O17P2S2/c1-59(85(101)115)108-95(125)99(9,10)110-89(119)64(6)104-87(117)61(3)105-91(121)83(57-131(133,68-38-20-14-21-39-68)69-40-22-15-23-41-69)112(97(127)129-55-80-76-50-32-28-46-72(76)73-47-29-33-51-77(73)80)93(123)65(7)107-88(118)62(4)106-92(122)84(58-132(134,70-42-24-16-25-43-70)71-44-26-17-27-45-71)113(98(128)130-56-81-78-52-34-30-48-74(78)75-49-31-35-53-79(75)81)94(124)82(54-67-36-18-13-19-37-67)109-96(126)100(11,12)111-90(120)63(5)103-86(116)60(2)102-66(8)114/h13,16-19,24-37,42-53,59-65,68-69,80-84H,14-15,20-23,38-41,54-58H2,1-12H3,(H2,101,115)(H,102,114)(H,103,116)(H,104,117)(H,105,121)(H,106,122)(H,107,118)(H,108,125)(H,109,126)(H,110,119)(H,111,120)/t59-,60-,61-,62-,63-,64-,65-,82-,83-,84+/m0/s1. The monoisotopic (exact) mass is 1900 g/mol. The first-order valence-corrected chi connectivity index (χ1v) is 51.8. The van der Waals surface area contributed by atoms with Gasteiger partial charge in [-0.2, -0.15) is 0 Å². The van der Waals surface area contributed by atoms with Crippen LogP contribution in [0.5, 0.6) is 0 Å². The fourth-order valence-electron chi connectivity index (χ4n) is 18.0. The number of primary amides is 1. The Hall–Kier alpha value is -12.1. The molecule has 11 rings (SSSR count). The van der Waals surface area contributed by atoms with Gasteiger partial charge in [-0.05, 0) is 180 Å². The van der Waals surface area contributed by atoms with Gasteiger partial charge >= 0.3 is 12.2 Å². The van der Waals surface area contributed by atoms with Crippen LogP contribution in [0.2, 0.25) is 0 Å². The number of nitrogens with zero attached hydrogens (tertiary/aromatic N) is 2. The maximum absolute atomic E-state index is 16.9. The van der Waals surface area contributed by atoms with Crippen molar-refractivity contribution in [1.29, 1.82) is 0 Å². The second-order valence-electron chi connectivity index (χ2n) is 36.4. The molecule has 0 spiro atoms. The van der Waals surface area contributed by atoms with Gasteiger partial charge in [-0.25, -0.2) is 19.4 Å². The molecule has 0 radical (unpaired) electrons. The summed E-state index contributed by atoms with van der Waals surface area (Å²) in [4.78, 5) is 224. The Morgan fingerprint density at radius 3 is 1.08 bits per heavy atom. The van der Waals surface area contributed by atoms with E-state index in [0.29, 0.717) is 51.7 Å². The minimum absolute atomic E-state index is 0.102. The number of hydrogen-bond acceptors (Lipinski definition) is 19. The summed E-state index contributed by atoms with van der Waals surface area (Å²) in [6.45, 7) is 15.3. The molecule has 7 aromatic carbocycles. The van der Waals surface area contributed by atoms with Gasteiger partial charge in [0.05, 0.1) is 0 Å². The maximum Gasteiger partial charge on any atom is 0.417 e.